The van der Waals surface area contributed by atoms with Gasteiger partial charge in [-0.25, -0.2) is 0 Å². The average Bonchev–Trinajstić information content (AvgIpc) is 2.74. The van der Waals surface area contributed by atoms with E-state index in [0.29, 0.717) is 0 Å². The fourth-order valence-electron chi connectivity index (χ4n) is 1.39. The lowest BCUT2D eigenvalue weighted by Gasteiger charge is -2.03. The van der Waals surface area contributed by atoms with E-state index in [1.165, 1.54) is 4.88 Å². The van der Waals surface area contributed by atoms with E-state index in [9.17, 15) is 5.11 Å². The minimum Gasteiger partial charge on any atom is -0.469 e. The Morgan fingerprint density at radius 3 is 2.60 bits per heavy atom. The summed E-state index contributed by atoms with van der Waals surface area (Å²) in [6.07, 6.45) is 1.01. The highest BCUT2D eigenvalue weighted by atomic mass is 79.9. The molecular formula is C11H11BrO2S. The maximum atomic E-state index is 10.1. The van der Waals surface area contributed by atoms with Crippen LogP contribution in [0.2, 0.25) is 0 Å². The van der Waals surface area contributed by atoms with Gasteiger partial charge in [0.2, 0.25) is 0 Å². The maximum absolute atomic E-state index is 10.1. The molecule has 4 heteroatoms. The number of furan rings is 1. The van der Waals surface area contributed by atoms with Crippen LogP contribution in [0.25, 0.3) is 0 Å². The molecule has 2 aromatic heterocycles. The molecule has 2 aromatic rings. The first-order valence-corrected chi connectivity index (χ1v) is 6.18. The number of hydrogen-bond donors (Lipinski definition) is 1. The molecule has 2 nitrogen and oxygen atoms in total. The summed E-state index contributed by atoms with van der Waals surface area (Å²) in [7, 11) is 0. The van der Waals surface area contributed by atoms with Crippen molar-refractivity contribution in [2.24, 2.45) is 0 Å². The van der Waals surface area contributed by atoms with E-state index in [-0.39, 0.29) is 0 Å². The molecule has 1 unspecified atom stereocenters. The Morgan fingerprint density at radius 1 is 1.40 bits per heavy atom. The highest BCUT2D eigenvalue weighted by Crippen LogP contribution is 2.34. The first-order chi connectivity index (χ1) is 7.08. The van der Waals surface area contributed by atoms with Crippen molar-refractivity contribution in [1.29, 1.82) is 0 Å². The van der Waals surface area contributed by atoms with Crippen molar-refractivity contribution in [3.05, 3.63) is 43.9 Å². The quantitative estimate of drug-likeness (QED) is 0.911. The van der Waals surface area contributed by atoms with E-state index < -0.39 is 6.10 Å². The van der Waals surface area contributed by atoms with Crippen LogP contribution in [-0.4, -0.2) is 5.11 Å². The minimum absolute atomic E-state index is 0.586. The fourth-order valence-corrected chi connectivity index (χ4v) is 2.96. The van der Waals surface area contributed by atoms with Crippen LogP contribution in [0, 0.1) is 13.8 Å². The second-order valence-electron chi connectivity index (χ2n) is 3.45. The predicted octanol–water partition coefficient (Wildman–Crippen LogP) is 3.80. The van der Waals surface area contributed by atoms with Crippen molar-refractivity contribution in [3.8, 4) is 0 Å². The smallest absolute Gasteiger partial charge is 0.116 e. The Labute approximate surface area is 101 Å². The van der Waals surface area contributed by atoms with Crippen molar-refractivity contribution in [3.63, 3.8) is 0 Å². The largest absolute Gasteiger partial charge is 0.469 e. The first kappa shape index (κ1) is 10.9. The number of halogens is 1. The SMILES string of the molecule is Cc1cc(C(O)c2cc(Br)c(C)s2)co1. The van der Waals surface area contributed by atoms with E-state index >= 15 is 0 Å². The summed E-state index contributed by atoms with van der Waals surface area (Å²) in [4.78, 5) is 2.10. The number of aryl methyl sites for hydroxylation is 2. The molecule has 0 saturated carbocycles. The van der Waals surface area contributed by atoms with Crippen LogP contribution in [0.1, 0.15) is 27.2 Å². The second-order valence-corrected chi connectivity index (χ2v) is 5.59. The van der Waals surface area contributed by atoms with Gasteiger partial charge in [-0.15, -0.1) is 11.3 Å². The van der Waals surface area contributed by atoms with Crippen molar-refractivity contribution in [2.45, 2.75) is 20.0 Å². The van der Waals surface area contributed by atoms with E-state index in [4.69, 9.17) is 4.42 Å². The van der Waals surface area contributed by atoms with Crippen LogP contribution in [0.3, 0.4) is 0 Å². The Kier molecular flexibility index (Phi) is 3.00. The lowest BCUT2D eigenvalue weighted by molar-refractivity contribution is 0.223. The molecule has 0 aliphatic carbocycles. The summed E-state index contributed by atoms with van der Waals surface area (Å²) in [5, 5.41) is 10.1. The Morgan fingerprint density at radius 2 is 2.13 bits per heavy atom. The van der Waals surface area contributed by atoms with Gasteiger partial charge in [-0.3, -0.25) is 0 Å². The molecular weight excluding hydrogens is 276 g/mol. The molecule has 1 atom stereocenters. The highest BCUT2D eigenvalue weighted by molar-refractivity contribution is 9.10. The summed E-state index contributed by atoms with van der Waals surface area (Å²) in [6.45, 7) is 3.89. The molecule has 80 valence electrons. The zero-order chi connectivity index (χ0) is 11.0. The predicted molar refractivity (Wildman–Crippen MR) is 64.3 cm³/mol. The van der Waals surface area contributed by atoms with E-state index in [1.54, 1.807) is 17.6 Å². The molecule has 0 aliphatic heterocycles. The van der Waals surface area contributed by atoms with Gasteiger partial charge in [0.25, 0.3) is 0 Å². The summed E-state index contributed by atoms with van der Waals surface area (Å²) in [5.41, 5.74) is 0.807. The van der Waals surface area contributed by atoms with E-state index in [2.05, 4.69) is 15.9 Å². The highest BCUT2D eigenvalue weighted by Gasteiger charge is 2.16. The molecule has 15 heavy (non-hydrogen) atoms. The van der Waals surface area contributed by atoms with Gasteiger partial charge in [-0.2, -0.15) is 0 Å². The standard InChI is InChI=1S/C11H11BrO2S/c1-6-3-8(5-14-6)11(13)10-4-9(12)7(2)15-10/h3-5,11,13H,1-2H3. The number of hydrogen-bond acceptors (Lipinski definition) is 3. The molecule has 0 aliphatic rings. The molecule has 1 N–H and O–H groups in total. The van der Waals surface area contributed by atoms with E-state index in [0.717, 1.165) is 20.7 Å². The number of rotatable bonds is 2. The zero-order valence-corrected chi connectivity index (χ0v) is 10.9. The lowest BCUT2D eigenvalue weighted by Crippen LogP contribution is -1.94. The van der Waals surface area contributed by atoms with Crippen LogP contribution in [0.4, 0.5) is 0 Å². The monoisotopic (exact) mass is 286 g/mol. The number of aliphatic hydroxyl groups is 1. The van der Waals surface area contributed by atoms with Crippen LogP contribution < -0.4 is 0 Å². The second kappa shape index (κ2) is 4.12. The molecule has 0 fully saturated rings. The Bertz CT molecular complexity index is 453. The van der Waals surface area contributed by atoms with Crippen molar-refractivity contribution >= 4 is 27.3 Å². The van der Waals surface area contributed by atoms with Gasteiger partial charge in [0.1, 0.15) is 11.9 Å². The first-order valence-electron chi connectivity index (χ1n) is 4.57. The molecule has 0 saturated heterocycles. The molecule has 0 radical (unpaired) electrons. The van der Waals surface area contributed by atoms with Crippen molar-refractivity contribution in [1.82, 2.24) is 0 Å². The van der Waals surface area contributed by atoms with Gasteiger partial charge in [-0.1, -0.05) is 0 Å². The average molecular weight is 287 g/mol. The molecule has 0 amide bonds. The summed E-state index contributed by atoms with van der Waals surface area (Å²) < 4.78 is 6.22. The van der Waals surface area contributed by atoms with Gasteiger partial charge in [0.15, 0.2) is 0 Å². The molecule has 2 rings (SSSR count). The summed E-state index contributed by atoms with van der Waals surface area (Å²) in [6, 6.07) is 3.81. The Hall–Kier alpha value is -0.580. The third-order valence-electron chi connectivity index (χ3n) is 2.21. The van der Waals surface area contributed by atoms with Crippen LogP contribution >= 0.6 is 27.3 Å². The molecule has 0 spiro atoms. The lowest BCUT2D eigenvalue weighted by atomic mass is 10.1. The van der Waals surface area contributed by atoms with Crippen molar-refractivity contribution in [2.75, 3.05) is 0 Å². The van der Waals surface area contributed by atoms with Gasteiger partial charge in [-0.05, 0) is 41.9 Å². The van der Waals surface area contributed by atoms with Gasteiger partial charge in [0.05, 0.1) is 6.26 Å². The normalized spacial score (nSPS) is 13.1. The summed E-state index contributed by atoms with van der Waals surface area (Å²) in [5.74, 6) is 0.816. The topological polar surface area (TPSA) is 33.4 Å². The number of thiophene rings is 1. The van der Waals surface area contributed by atoms with Gasteiger partial charge >= 0.3 is 0 Å². The van der Waals surface area contributed by atoms with Crippen LogP contribution in [-0.2, 0) is 0 Å². The van der Waals surface area contributed by atoms with Crippen molar-refractivity contribution < 1.29 is 9.52 Å². The van der Waals surface area contributed by atoms with E-state index in [1.807, 2.05) is 26.0 Å². The Balaban J connectivity index is 2.31. The molecule has 0 aromatic carbocycles. The minimum atomic E-state index is -0.586. The van der Waals surface area contributed by atoms with Gasteiger partial charge in [0, 0.05) is 19.8 Å². The third kappa shape index (κ3) is 2.17. The maximum Gasteiger partial charge on any atom is 0.116 e. The zero-order valence-electron chi connectivity index (χ0n) is 8.45. The van der Waals surface area contributed by atoms with Crippen LogP contribution in [0.15, 0.2) is 27.3 Å². The molecule has 2 heterocycles. The summed E-state index contributed by atoms with van der Waals surface area (Å²) >= 11 is 5.03. The molecule has 0 bridgehead atoms. The number of aliphatic hydroxyl groups excluding tert-OH is 1. The van der Waals surface area contributed by atoms with Crippen LogP contribution in [0.5, 0.6) is 0 Å². The third-order valence-corrected chi connectivity index (χ3v) is 4.40. The van der Waals surface area contributed by atoms with Gasteiger partial charge < -0.3 is 9.52 Å². The fraction of sp³-hybridized carbons (Fsp3) is 0.273.